The van der Waals surface area contributed by atoms with Crippen LogP contribution in [0.15, 0.2) is 12.1 Å². The third-order valence-electron chi connectivity index (χ3n) is 3.51. The zero-order valence-electron chi connectivity index (χ0n) is 9.77. The average Bonchev–Trinajstić information content (AvgIpc) is 2.60. The van der Waals surface area contributed by atoms with Crippen molar-refractivity contribution < 1.29 is 0 Å². The molecule has 0 unspecified atom stereocenters. The molecule has 0 fully saturated rings. The summed E-state index contributed by atoms with van der Waals surface area (Å²) < 4.78 is 0. The Hall–Kier alpha value is -0.500. The maximum absolute atomic E-state index is 6.51. The summed E-state index contributed by atoms with van der Waals surface area (Å²) in [5.74, 6) is 0. The highest BCUT2D eigenvalue weighted by molar-refractivity contribution is 6.46. The van der Waals surface area contributed by atoms with Crippen LogP contribution in [0.5, 0.6) is 0 Å². The summed E-state index contributed by atoms with van der Waals surface area (Å²) >= 11 is 18.8. The molecule has 1 nitrogen and oxygen atoms in total. The van der Waals surface area contributed by atoms with Crippen molar-refractivity contribution >= 4 is 45.7 Å². The second-order valence-corrected chi connectivity index (χ2v) is 5.83. The molecule has 1 aliphatic carbocycles. The van der Waals surface area contributed by atoms with E-state index in [1.54, 1.807) is 6.07 Å². The summed E-state index contributed by atoms with van der Waals surface area (Å²) in [4.78, 5) is 4.70. The second-order valence-electron chi connectivity index (χ2n) is 4.67. The Bertz CT molecular complexity index is 622. The molecule has 0 amide bonds. The van der Waals surface area contributed by atoms with Crippen LogP contribution in [0.25, 0.3) is 10.9 Å². The van der Waals surface area contributed by atoms with Crippen LogP contribution in [0, 0.1) is 0 Å². The van der Waals surface area contributed by atoms with Crippen molar-refractivity contribution in [3.05, 3.63) is 38.5 Å². The molecule has 0 saturated heterocycles. The monoisotopic (exact) mass is 299 g/mol. The molecule has 0 N–H and O–H groups in total. The standard InChI is InChI=1S/C14H12Cl3N/c15-10-7-6-9-12(16)8-4-2-1-3-5-11(8)18-14(9)13(10)17/h6-7H,1-5H2. The molecule has 0 atom stereocenters. The lowest BCUT2D eigenvalue weighted by Crippen LogP contribution is -1.98. The lowest BCUT2D eigenvalue weighted by molar-refractivity contribution is 0.709. The number of nitrogens with zero attached hydrogens (tertiary/aromatic N) is 1. The summed E-state index contributed by atoms with van der Waals surface area (Å²) in [6.45, 7) is 0. The molecule has 1 heterocycles. The Labute approximate surface area is 121 Å². The van der Waals surface area contributed by atoms with Gasteiger partial charge in [0.25, 0.3) is 0 Å². The van der Waals surface area contributed by atoms with Gasteiger partial charge >= 0.3 is 0 Å². The molecular weight excluding hydrogens is 289 g/mol. The molecule has 2 aromatic rings. The summed E-state index contributed by atoms with van der Waals surface area (Å²) in [5, 5.41) is 2.74. The van der Waals surface area contributed by atoms with Crippen molar-refractivity contribution in [3.63, 3.8) is 0 Å². The minimum absolute atomic E-state index is 0.503. The molecule has 94 valence electrons. The fourth-order valence-electron chi connectivity index (χ4n) is 2.55. The van der Waals surface area contributed by atoms with Gasteiger partial charge in [-0.15, -0.1) is 0 Å². The highest BCUT2D eigenvalue weighted by atomic mass is 35.5. The average molecular weight is 301 g/mol. The van der Waals surface area contributed by atoms with Crippen LogP contribution < -0.4 is 0 Å². The van der Waals surface area contributed by atoms with Crippen LogP contribution in [0.3, 0.4) is 0 Å². The molecule has 18 heavy (non-hydrogen) atoms. The minimum atomic E-state index is 0.503. The van der Waals surface area contributed by atoms with Gasteiger partial charge in [0.15, 0.2) is 0 Å². The van der Waals surface area contributed by atoms with E-state index < -0.39 is 0 Å². The van der Waals surface area contributed by atoms with Crippen molar-refractivity contribution in [2.24, 2.45) is 0 Å². The minimum Gasteiger partial charge on any atom is -0.251 e. The predicted molar refractivity (Wildman–Crippen MR) is 78.0 cm³/mol. The SMILES string of the molecule is Clc1ccc2c(Cl)c3c(nc2c1Cl)CCCCC3. The molecule has 1 aromatic carbocycles. The van der Waals surface area contributed by atoms with Gasteiger partial charge in [-0.1, -0.05) is 41.2 Å². The van der Waals surface area contributed by atoms with Crippen molar-refractivity contribution in [1.82, 2.24) is 4.98 Å². The molecule has 0 bridgehead atoms. The second kappa shape index (κ2) is 4.88. The van der Waals surface area contributed by atoms with E-state index in [4.69, 9.17) is 39.8 Å². The first-order valence-corrected chi connectivity index (χ1v) is 7.27. The van der Waals surface area contributed by atoms with Gasteiger partial charge in [0.1, 0.15) is 0 Å². The van der Waals surface area contributed by atoms with Crippen LogP contribution in [0.2, 0.25) is 15.1 Å². The Morgan fingerprint density at radius 2 is 1.67 bits per heavy atom. The predicted octanol–water partition coefficient (Wildman–Crippen LogP) is 5.46. The van der Waals surface area contributed by atoms with Crippen LogP contribution in [-0.2, 0) is 12.8 Å². The first-order chi connectivity index (χ1) is 8.68. The van der Waals surface area contributed by atoms with E-state index in [1.807, 2.05) is 6.07 Å². The third-order valence-corrected chi connectivity index (χ3v) is 4.73. The van der Waals surface area contributed by atoms with Gasteiger partial charge in [-0.2, -0.15) is 0 Å². The number of aryl methyl sites for hydroxylation is 1. The number of hydrogen-bond donors (Lipinski definition) is 0. The zero-order valence-corrected chi connectivity index (χ0v) is 12.0. The lowest BCUT2D eigenvalue weighted by atomic mass is 10.1. The highest BCUT2D eigenvalue weighted by Gasteiger charge is 2.18. The van der Waals surface area contributed by atoms with Gasteiger partial charge in [-0.05, 0) is 43.4 Å². The Morgan fingerprint density at radius 1 is 0.889 bits per heavy atom. The first kappa shape index (κ1) is 12.5. The van der Waals surface area contributed by atoms with Crippen molar-refractivity contribution in [3.8, 4) is 0 Å². The fraction of sp³-hybridized carbons (Fsp3) is 0.357. The number of halogens is 3. The summed E-state index contributed by atoms with van der Waals surface area (Å²) in [5.41, 5.74) is 3.02. The van der Waals surface area contributed by atoms with Crippen molar-refractivity contribution in [2.75, 3.05) is 0 Å². The van der Waals surface area contributed by atoms with Crippen LogP contribution >= 0.6 is 34.8 Å². The van der Waals surface area contributed by atoms with Crippen LogP contribution in [0.1, 0.15) is 30.5 Å². The van der Waals surface area contributed by atoms with Gasteiger partial charge < -0.3 is 0 Å². The fourth-order valence-corrected chi connectivity index (χ4v) is 3.27. The van der Waals surface area contributed by atoms with Gasteiger partial charge in [0, 0.05) is 11.1 Å². The van der Waals surface area contributed by atoms with E-state index in [0.29, 0.717) is 10.0 Å². The smallest absolute Gasteiger partial charge is 0.0921 e. The van der Waals surface area contributed by atoms with E-state index >= 15 is 0 Å². The van der Waals surface area contributed by atoms with Gasteiger partial charge in [-0.25, -0.2) is 0 Å². The first-order valence-electron chi connectivity index (χ1n) is 6.13. The Kier molecular flexibility index (Phi) is 3.40. The molecule has 0 radical (unpaired) electrons. The molecule has 0 spiro atoms. The molecule has 3 rings (SSSR count). The third kappa shape index (κ3) is 1.99. The Balaban J connectivity index is 2.34. The van der Waals surface area contributed by atoms with E-state index in [0.717, 1.165) is 34.5 Å². The maximum Gasteiger partial charge on any atom is 0.0921 e. The summed E-state index contributed by atoms with van der Waals surface area (Å²) in [6.07, 6.45) is 5.57. The van der Waals surface area contributed by atoms with E-state index in [2.05, 4.69) is 0 Å². The lowest BCUT2D eigenvalue weighted by Gasteiger charge is -2.12. The van der Waals surface area contributed by atoms with Gasteiger partial charge in [0.05, 0.1) is 20.6 Å². The number of aromatic nitrogens is 1. The van der Waals surface area contributed by atoms with Crippen molar-refractivity contribution in [1.29, 1.82) is 0 Å². The van der Waals surface area contributed by atoms with E-state index in [9.17, 15) is 0 Å². The molecule has 0 aliphatic heterocycles. The molecule has 0 saturated carbocycles. The van der Waals surface area contributed by atoms with E-state index in [1.165, 1.54) is 24.8 Å². The van der Waals surface area contributed by atoms with Crippen LogP contribution in [-0.4, -0.2) is 4.98 Å². The van der Waals surface area contributed by atoms with Crippen LogP contribution in [0.4, 0.5) is 0 Å². The van der Waals surface area contributed by atoms with Crippen molar-refractivity contribution in [2.45, 2.75) is 32.1 Å². The largest absolute Gasteiger partial charge is 0.251 e. The number of hydrogen-bond acceptors (Lipinski definition) is 1. The molecule has 1 aliphatic rings. The number of rotatable bonds is 0. The molecular formula is C14H12Cl3N. The summed E-state index contributed by atoms with van der Waals surface area (Å²) in [7, 11) is 0. The Morgan fingerprint density at radius 3 is 2.50 bits per heavy atom. The zero-order chi connectivity index (χ0) is 12.7. The topological polar surface area (TPSA) is 12.9 Å². The number of benzene rings is 1. The van der Waals surface area contributed by atoms with E-state index in [-0.39, 0.29) is 0 Å². The molecule has 4 heteroatoms. The summed E-state index contributed by atoms with van der Waals surface area (Å²) in [6, 6.07) is 3.69. The number of pyridine rings is 1. The van der Waals surface area contributed by atoms with Gasteiger partial charge in [-0.3, -0.25) is 4.98 Å². The maximum atomic E-state index is 6.51. The van der Waals surface area contributed by atoms with Gasteiger partial charge in [0.2, 0.25) is 0 Å². The normalized spacial score (nSPS) is 15.5. The highest BCUT2D eigenvalue weighted by Crippen LogP contribution is 2.37. The molecule has 1 aromatic heterocycles. The quantitative estimate of drug-likeness (QED) is 0.588. The number of fused-ring (bicyclic) bond motifs is 2.